The SMILES string of the molecule is Cc1cc(NC(=O)Cn2cccc2)ccc1Br. The van der Waals surface area contributed by atoms with Gasteiger partial charge in [0.25, 0.3) is 0 Å². The summed E-state index contributed by atoms with van der Waals surface area (Å²) in [5.41, 5.74) is 1.92. The molecule has 0 aliphatic carbocycles. The first-order valence-corrected chi connectivity index (χ1v) is 6.11. The number of benzene rings is 1. The van der Waals surface area contributed by atoms with E-state index in [0.717, 1.165) is 15.7 Å². The van der Waals surface area contributed by atoms with Gasteiger partial charge < -0.3 is 9.88 Å². The van der Waals surface area contributed by atoms with E-state index in [2.05, 4.69) is 21.2 Å². The second-order valence-electron chi connectivity index (χ2n) is 3.87. The van der Waals surface area contributed by atoms with Gasteiger partial charge in [-0.25, -0.2) is 0 Å². The fourth-order valence-corrected chi connectivity index (χ4v) is 1.81. The minimum atomic E-state index is -0.0251. The van der Waals surface area contributed by atoms with Gasteiger partial charge in [-0.1, -0.05) is 15.9 Å². The summed E-state index contributed by atoms with van der Waals surface area (Å²) < 4.78 is 2.88. The molecule has 1 aromatic carbocycles. The molecule has 88 valence electrons. The van der Waals surface area contributed by atoms with Crippen molar-refractivity contribution < 1.29 is 4.79 Å². The lowest BCUT2D eigenvalue weighted by molar-refractivity contribution is -0.116. The minimum Gasteiger partial charge on any atom is -0.345 e. The molecular formula is C13H13BrN2O. The van der Waals surface area contributed by atoms with E-state index in [1.54, 1.807) is 0 Å². The van der Waals surface area contributed by atoms with Crippen molar-refractivity contribution in [1.82, 2.24) is 4.57 Å². The number of aryl methyl sites for hydroxylation is 1. The third-order valence-corrected chi connectivity index (χ3v) is 3.32. The molecule has 0 bridgehead atoms. The first-order chi connectivity index (χ1) is 8.15. The lowest BCUT2D eigenvalue weighted by Crippen LogP contribution is -2.17. The van der Waals surface area contributed by atoms with Crippen LogP contribution in [0.25, 0.3) is 0 Å². The highest BCUT2D eigenvalue weighted by Crippen LogP contribution is 2.19. The summed E-state index contributed by atoms with van der Waals surface area (Å²) in [6.07, 6.45) is 3.73. The van der Waals surface area contributed by atoms with Gasteiger partial charge in [0.15, 0.2) is 0 Å². The average molecular weight is 293 g/mol. The number of anilines is 1. The van der Waals surface area contributed by atoms with Crippen LogP contribution >= 0.6 is 15.9 Å². The Bertz CT molecular complexity index is 520. The van der Waals surface area contributed by atoms with E-state index in [-0.39, 0.29) is 5.91 Å². The Balaban J connectivity index is 2.00. The fourth-order valence-electron chi connectivity index (χ4n) is 1.56. The molecule has 1 amide bonds. The van der Waals surface area contributed by atoms with Crippen LogP contribution in [-0.2, 0) is 11.3 Å². The van der Waals surface area contributed by atoms with Gasteiger partial charge >= 0.3 is 0 Å². The number of carbonyl (C=O) groups is 1. The highest BCUT2D eigenvalue weighted by Gasteiger charge is 2.03. The molecule has 1 N–H and O–H groups in total. The molecular weight excluding hydrogens is 280 g/mol. The van der Waals surface area contributed by atoms with Gasteiger partial charge in [-0.05, 0) is 42.8 Å². The third-order valence-electron chi connectivity index (χ3n) is 2.43. The van der Waals surface area contributed by atoms with Crippen molar-refractivity contribution in [3.8, 4) is 0 Å². The van der Waals surface area contributed by atoms with Crippen molar-refractivity contribution in [3.63, 3.8) is 0 Å². The van der Waals surface area contributed by atoms with Crippen molar-refractivity contribution >= 4 is 27.5 Å². The van der Waals surface area contributed by atoms with Crippen molar-refractivity contribution in [2.75, 3.05) is 5.32 Å². The number of nitrogens with one attached hydrogen (secondary N) is 1. The molecule has 0 fully saturated rings. The molecule has 2 aromatic rings. The maximum absolute atomic E-state index is 11.7. The van der Waals surface area contributed by atoms with Crippen LogP contribution in [0.1, 0.15) is 5.56 Å². The Hall–Kier alpha value is -1.55. The van der Waals surface area contributed by atoms with Crippen molar-refractivity contribution in [2.45, 2.75) is 13.5 Å². The van der Waals surface area contributed by atoms with Gasteiger partial charge in [-0.3, -0.25) is 4.79 Å². The Morgan fingerprint density at radius 1 is 1.35 bits per heavy atom. The van der Waals surface area contributed by atoms with Crippen molar-refractivity contribution in [1.29, 1.82) is 0 Å². The zero-order chi connectivity index (χ0) is 12.3. The summed E-state index contributed by atoms with van der Waals surface area (Å²) >= 11 is 3.43. The number of nitrogens with zero attached hydrogens (tertiary/aromatic N) is 1. The Labute approximate surface area is 109 Å². The monoisotopic (exact) mass is 292 g/mol. The summed E-state index contributed by atoms with van der Waals surface area (Å²) in [6, 6.07) is 9.55. The van der Waals surface area contributed by atoms with Crippen molar-refractivity contribution in [3.05, 3.63) is 52.8 Å². The van der Waals surface area contributed by atoms with Gasteiger partial charge in [0.2, 0.25) is 5.91 Å². The molecule has 4 heteroatoms. The summed E-state index contributed by atoms with van der Waals surface area (Å²) in [6.45, 7) is 2.33. The third kappa shape index (κ3) is 3.20. The molecule has 0 atom stereocenters. The highest BCUT2D eigenvalue weighted by atomic mass is 79.9. The largest absolute Gasteiger partial charge is 0.345 e. The minimum absolute atomic E-state index is 0.0251. The molecule has 0 saturated carbocycles. The molecule has 0 aliphatic rings. The van der Waals surface area contributed by atoms with E-state index in [1.807, 2.05) is 54.2 Å². The van der Waals surface area contributed by atoms with Crippen LogP contribution in [0, 0.1) is 6.92 Å². The molecule has 0 spiro atoms. The highest BCUT2D eigenvalue weighted by molar-refractivity contribution is 9.10. The molecule has 0 saturated heterocycles. The van der Waals surface area contributed by atoms with Crippen LogP contribution in [0.3, 0.4) is 0 Å². The van der Waals surface area contributed by atoms with Gasteiger partial charge in [-0.2, -0.15) is 0 Å². The molecule has 1 heterocycles. The molecule has 0 radical (unpaired) electrons. The van der Waals surface area contributed by atoms with E-state index in [4.69, 9.17) is 0 Å². The first-order valence-electron chi connectivity index (χ1n) is 5.32. The summed E-state index contributed by atoms with van der Waals surface area (Å²) in [4.78, 5) is 11.7. The van der Waals surface area contributed by atoms with Crippen LogP contribution in [0.5, 0.6) is 0 Å². The van der Waals surface area contributed by atoms with Crippen LogP contribution in [0.4, 0.5) is 5.69 Å². The van der Waals surface area contributed by atoms with Gasteiger partial charge in [-0.15, -0.1) is 0 Å². The molecule has 17 heavy (non-hydrogen) atoms. The van der Waals surface area contributed by atoms with Crippen LogP contribution < -0.4 is 5.32 Å². The van der Waals surface area contributed by atoms with Crippen LogP contribution in [0.15, 0.2) is 47.2 Å². The Morgan fingerprint density at radius 3 is 2.71 bits per heavy atom. The number of carbonyl (C=O) groups excluding carboxylic acids is 1. The lowest BCUT2D eigenvalue weighted by atomic mass is 10.2. The molecule has 2 rings (SSSR count). The normalized spacial score (nSPS) is 10.2. The fraction of sp³-hybridized carbons (Fsp3) is 0.154. The maximum Gasteiger partial charge on any atom is 0.244 e. The number of hydrogen-bond acceptors (Lipinski definition) is 1. The predicted octanol–water partition coefficient (Wildman–Crippen LogP) is 3.20. The van der Waals surface area contributed by atoms with Gasteiger partial charge in [0.1, 0.15) is 6.54 Å². The van der Waals surface area contributed by atoms with E-state index >= 15 is 0 Å². The van der Waals surface area contributed by atoms with E-state index in [9.17, 15) is 4.79 Å². The van der Waals surface area contributed by atoms with Crippen molar-refractivity contribution in [2.24, 2.45) is 0 Å². The van der Waals surface area contributed by atoms with E-state index in [1.165, 1.54) is 0 Å². The lowest BCUT2D eigenvalue weighted by Gasteiger charge is -2.07. The summed E-state index contributed by atoms with van der Waals surface area (Å²) in [5, 5.41) is 2.87. The topological polar surface area (TPSA) is 34.0 Å². The Kier molecular flexibility index (Phi) is 3.64. The number of amides is 1. The Morgan fingerprint density at radius 2 is 2.06 bits per heavy atom. The second kappa shape index (κ2) is 5.19. The van der Waals surface area contributed by atoms with Gasteiger partial charge in [0, 0.05) is 22.6 Å². The van der Waals surface area contributed by atoms with E-state index in [0.29, 0.717) is 6.54 Å². The predicted molar refractivity (Wildman–Crippen MR) is 71.9 cm³/mol. The van der Waals surface area contributed by atoms with E-state index < -0.39 is 0 Å². The number of aromatic nitrogens is 1. The van der Waals surface area contributed by atoms with Crippen LogP contribution in [-0.4, -0.2) is 10.5 Å². The smallest absolute Gasteiger partial charge is 0.244 e. The molecule has 3 nitrogen and oxygen atoms in total. The molecule has 0 unspecified atom stereocenters. The zero-order valence-electron chi connectivity index (χ0n) is 9.48. The molecule has 0 aliphatic heterocycles. The number of rotatable bonds is 3. The zero-order valence-corrected chi connectivity index (χ0v) is 11.1. The maximum atomic E-state index is 11.7. The quantitative estimate of drug-likeness (QED) is 0.926. The first kappa shape index (κ1) is 11.9. The molecule has 1 aromatic heterocycles. The standard InChI is InChI=1S/C13H13BrN2O/c1-10-8-11(4-5-12(10)14)15-13(17)9-16-6-2-3-7-16/h2-8H,9H2,1H3,(H,15,17). The number of halogens is 1. The second-order valence-corrected chi connectivity index (χ2v) is 4.72. The average Bonchev–Trinajstić information content (AvgIpc) is 2.76. The summed E-state index contributed by atoms with van der Waals surface area (Å²) in [7, 11) is 0. The van der Waals surface area contributed by atoms with Gasteiger partial charge in [0.05, 0.1) is 0 Å². The number of hydrogen-bond donors (Lipinski definition) is 1. The van der Waals surface area contributed by atoms with Crippen LogP contribution in [0.2, 0.25) is 0 Å². The summed E-state index contributed by atoms with van der Waals surface area (Å²) in [5.74, 6) is -0.0251.